The van der Waals surface area contributed by atoms with Crippen LogP contribution >= 0.6 is 0 Å². The van der Waals surface area contributed by atoms with Gasteiger partial charge >= 0.3 is 5.97 Å². The molecule has 0 bridgehead atoms. The molecule has 2 aromatic rings. The van der Waals surface area contributed by atoms with Gasteiger partial charge in [0, 0.05) is 5.92 Å². The summed E-state index contributed by atoms with van der Waals surface area (Å²) in [6.07, 6.45) is 0.603. The standard InChI is InChI=1S/C21H17NO7/c1-25-16-5-11(6-17(26-2)20(16)22-24)18-13-7-15-14(28-9-29-15)4-10(13)3-12-8-27-21(23)19(12)18/h4-7,18H,3,8-9H2,1-2H3/t18-/m1/s1. The molecule has 8 heteroatoms. The van der Waals surface area contributed by atoms with Gasteiger partial charge in [0.1, 0.15) is 6.61 Å². The number of esters is 1. The van der Waals surface area contributed by atoms with Crippen molar-refractivity contribution in [3.05, 3.63) is 57.0 Å². The first-order chi connectivity index (χ1) is 14.1. The Morgan fingerprint density at radius 3 is 2.34 bits per heavy atom. The van der Waals surface area contributed by atoms with Gasteiger partial charge in [0.2, 0.25) is 6.79 Å². The van der Waals surface area contributed by atoms with Crippen molar-refractivity contribution >= 4 is 11.7 Å². The summed E-state index contributed by atoms with van der Waals surface area (Å²) >= 11 is 0. The zero-order valence-electron chi connectivity index (χ0n) is 15.8. The zero-order chi connectivity index (χ0) is 20.1. The van der Waals surface area contributed by atoms with Crippen molar-refractivity contribution in [1.29, 1.82) is 0 Å². The van der Waals surface area contributed by atoms with Crippen LogP contribution in [0.1, 0.15) is 22.6 Å². The minimum atomic E-state index is -0.415. The van der Waals surface area contributed by atoms with E-state index in [1.165, 1.54) is 14.2 Å². The molecule has 0 spiro atoms. The number of methoxy groups -OCH3 is 2. The number of nitroso groups, excluding NO2 is 1. The summed E-state index contributed by atoms with van der Waals surface area (Å²) in [7, 11) is 2.91. The molecule has 8 nitrogen and oxygen atoms in total. The highest BCUT2D eigenvalue weighted by atomic mass is 16.7. The van der Waals surface area contributed by atoms with E-state index in [1.54, 1.807) is 12.1 Å². The highest BCUT2D eigenvalue weighted by Crippen LogP contribution is 2.50. The second-order valence-electron chi connectivity index (χ2n) is 6.97. The van der Waals surface area contributed by atoms with Crippen molar-refractivity contribution in [2.24, 2.45) is 5.18 Å². The molecule has 2 heterocycles. The molecule has 148 valence electrons. The van der Waals surface area contributed by atoms with Gasteiger partial charge in [-0.25, -0.2) is 4.79 Å². The van der Waals surface area contributed by atoms with Crippen LogP contribution in [0.25, 0.3) is 0 Å². The van der Waals surface area contributed by atoms with Crippen LogP contribution in [0.5, 0.6) is 23.0 Å². The number of hydrogen-bond donors (Lipinski definition) is 0. The molecular formula is C21H17NO7. The number of ether oxygens (including phenoxy) is 5. The van der Waals surface area contributed by atoms with E-state index in [4.69, 9.17) is 23.7 Å². The second-order valence-corrected chi connectivity index (χ2v) is 6.97. The van der Waals surface area contributed by atoms with Gasteiger partial charge in [-0.2, -0.15) is 0 Å². The van der Waals surface area contributed by atoms with Crippen molar-refractivity contribution in [3.8, 4) is 23.0 Å². The van der Waals surface area contributed by atoms with Crippen LogP contribution in [0.3, 0.4) is 0 Å². The Kier molecular flexibility index (Phi) is 3.94. The number of benzene rings is 2. The van der Waals surface area contributed by atoms with Crippen LogP contribution in [0, 0.1) is 4.91 Å². The van der Waals surface area contributed by atoms with Gasteiger partial charge in [-0.1, -0.05) is 0 Å². The van der Waals surface area contributed by atoms with Crippen molar-refractivity contribution in [3.63, 3.8) is 0 Å². The normalized spacial score (nSPS) is 18.8. The molecule has 0 saturated carbocycles. The third kappa shape index (κ3) is 2.55. The van der Waals surface area contributed by atoms with Crippen LogP contribution in [0.15, 0.2) is 40.6 Å². The number of hydrogen-bond acceptors (Lipinski definition) is 8. The van der Waals surface area contributed by atoms with Gasteiger partial charge < -0.3 is 23.7 Å². The monoisotopic (exact) mass is 395 g/mol. The van der Waals surface area contributed by atoms with Gasteiger partial charge in [0.25, 0.3) is 0 Å². The summed E-state index contributed by atoms with van der Waals surface area (Å²) in [5, 5.41) is 3.03. The lowest BCUT2D eigenvalue weighted by atomic mass is 9.75. The number of rotatable bonds is 4. The van der Waals surface area contributed by atoms with Gasteiger partial charge in [0.05, 0.1) is 19.8 Å². The van der Waals surface area contributed by atoms with E-state index in [2.05, 4.69) is 5.18 Å². The van der Waals surface area contributed by atoms with Gasteiger partial charge in [0.15, 0.2) is 28.7 Å². The molecule has 29 heavy (non-hydrogen) atoms. The van der Waals surface area contributed by atoms with Gasteiger partial charge in [-0.15, -0.1) is 4.91 Å². The fourth-order valence-electron chi connectivity index (χ4n) is 4.24. The van der Waals surface area contributed by atoms with Crippen LogP contribution in [-0.2, 0) is 16.0 Å². The topological polar surface area (TPSA) is 92.7 Å². The highest BCUT2D eigenvalue weighted by molar-refractivity contribution is 5.95. The lowest BCUT2D eigenvalue weighted by molar-refractivity contribution is -0.136. The SMILES string of the molecule is COc1cc([C@H]2C3=C(COC3=O)Cc3cc4c(cc32)OCO4)cc(OC)c1N=O. The Bertz CT molecular complexity index is 1060. The third-order valence-corrected chi connectivity index (χ3v) is 5.54. The van der Waals surface area contributed by atoms with E-state index >= 15 is 0 Å². The maximum absolute atomic E-state index is 12.6. The molecule has 1 aliphatic carbocycles. The van der Waals surface area contributed by atoms with Crippen LogP contribution in [0.2, 0.25) is 0 Å². The lowest BCUT2D eigenvalue weighted by Gasteiger charge is -2.27. The smallest absolute Gasteiger partial charge is 0.335 e. The fourth-order valence-corrected chi connectivity index (χ4v) is 4.24. The predicted molar refractivity (Wildman–Crippen MR) is 101 cm³/mol. The molecule has 2 aromatic carbocycles. The quantitative estimate of drug-likeness (QED) is 0.579. The van der Waals surface area contributed by atoms with Crippen molar-refractivity contribution in [2.45, 2.75) is 12.3 Å². The van der Waals surface area contributed by atoms with E-state index in [0.717, 1.165) is 22.3 Å². The third-order valence-electron chi connectivity index (χ3n) is 5.54. The highest BCUT2D eigenvalue weighted by Gasteiger charge is 2.40. The maximum atomic E-state index is 12.6. The average molecular weight is 395 g/mol. The van der Waals surface area contributed by atoms with Crippen LogP contribution in [-0.4, -0.2) is 33.6 Å². The molecule has 5 rings (SSSR count). The first kappa shape index (κ1) is 17.5. The number of fused-ring (bicyclic) bond motifs is 2. The van der Waals surface area contributed by atoms with E-state index in [-0.39, 0.29) is 36.6 Å². The summed E-state index contributed by atoms with van der Waals surface area (Å²) in [6.45, 7) is 0.431. The molecule has 0 aromatic heterocycles. The first-order valence-corrected chi connectivity index (χ1v) is 9.05. The van der Waals surface area contributed by atoms with E-state index in [1.807, 2.05) is 12.1 Å². The summed E-state index contributed by atoms with van der Waals surface area (Å²) in [6, 6.07) is 7.27. The Balaban J connectivity index is 1.75. The maximum Gasteiger partial charge on any atom is 0.335 e. The predicted octanol–water partition coefficient (Wildman–Crippen LogP) is 3.37. The van der Waals surface area contributed by atoms with E-state index in [0.29, 0.717) is 23.5 Å². The van der Waals surface area contributed by atoms with Crippen molar-refractivity contribution < 1.29 is 28.5 Å². The Labute approximate surface area is 165 Å². The molecule has 0 unspecified atom stereocenters. The number of carbonyl (C=O) groups excluding carboxylic acids is 1. The number of nitrogens with zero attached hydrogens (tertiary/aromatic N) is 1. The molecule has 1 atom stereocenters. The molecular weight excluding hydrogens is 378 g/mol. The number of carbonyl (C=O) groups is 1. The van der Waals surface area contributed by atoms with Gasteiger partial charge in [-0.05, 0) is 58.1 Å². The van der Waals surface area contributed by atoms with E-state index < -0.39 is 5.92 Å². The Morgan fingerprint density at radius 1 is 1.00 bits per heavy atom. The second kappa shape index (κ2) is 6.51. The van der Waals surface area contributed by atoms with Crippen LogP contribution < -0.4 is 18.9 Å². The summed E-state index contributed by atoms with van der Waals surface area (Å²) < 4.78 is 27.1. The van der Waals surface area contributed by atoms with Crippen molar-refractivity contribution in [2.75, 3.05) is 27.6 Å². The summed E-state index contributed by atoms with van der Waals surface area (Å²) in [4.78, 5) is 23.9. The zero-order valence-corrected chi connectivity index (χ0v) is 15.8. The minimum absolute atomic E-state index is 0.0728. The Hall–Kier alpha value is -3.55. The molecule has 0 saturated heterocycles. The Morgan fingerprint density at radius 2 is 1.69 bits per heavy atom. The lowest BCUT2D eigenvalue weighted by Crippen LogP contribution is -2.18. The fraction of sp³-hybridized carbons (Fsp3) is 0.286. The minimum Gasteiger partial charge on any atom is -0.494 e. The summed E-state index contributed by atoms with van der Waals surface area (Å²) in [5.74, 6) is 1.11. The summed E-state index contributed by atoms with van der Waals surface area (Å²) in [5.41, 5.74) is 4.30. The molecule has 2 aliphatic heterocycles. The molecule has 3 aliphatic rings. The number of cyclic esters (lactones) is 1. The largest absolute Gasteiger partial charge is 0.494 e. The first-order valence-electron chi connectivity index (χ1n) is 9.05. The molecule has 0 N–H and O–H groups in total. The molecule has 0 amide bonds. The molecule has 0 radical (unpaired) electrons. The van der Waals surface area contributed by atoms with E-state index in [9.17, 15) is 9.70 Å². The van der Waals surface area contributed by atoms with Gasteiger partial charge in [-0.3, -0.25) is 0 Å². The van der Waals surface area contributed by atoms with Crippen LogP contribution in [0.4, 0.5) is 5.69 Å². The van der Waals surface area contributed by atoms with Crippen molar-refractivity contribution in [1.82, 2.24) is 0 Å². The average Bonchev–Trinajstić information content (AvgIpc) is 3.35. The molecule has 0 fully saturated rings.